The molecular weight excluding hydrogens is 276 g/mol. The second kappa shape index (κ2) is 7.22. The Morgan fingerprint density at radius 1 is 1.65 bits per heavy atom. The average Bonchev–Trinajstić information content (AvgIpc) is 2.44. The third-order valence-electron chi connectivity index (χ3n) is 3.65. The van der Waals surface area contributed by atoms with Gasteiger partial charge in [0.1, 0.15) is 5.82 Å². The SMILES string of the molecule is CCCN1CCOC(C(NC)c2cc(Cl)cnc2N)C1. The number of nitrogen functional groups attached to an aromatic ring is 1. The number of halogens is 1. The Labute approximate surface area is 125 Å². The van der Waals surface area contributed by atoms with Crippen molar-refractivity contribution in [3.8, 4) is 0 Å². The third-order valence-corrected chi connectivity index (χ3v) is 3.86. The van der Waals surface area contributed by atoms with Gasteiger partial charge in [0.2, 0.25) is 0 Å². The Morgan fingerprint density at radius 2 is 2.45 bits per heavy atom. The van der Waals surface area contributed by atoms with Gasteiger partial charge in [-0.15, -0.1) is 0 Å². The first-order valence-corrected chi connectivity index (χ1v) is 7.45. The van der Waals surface area contributed by atoms with Crippen molar-refractivity contribution in [3.63, 3.8) is 0 Å². The lowest BCUT2D eigenvalue weighted by Crippen LogP contribution is -2.48. The van der Waals surface area contributed by atoms with Crippen LogP contribution >= 0.6 is 11.6 Å². The first-order valence-electron chi connectivity index (χ1n) is 7.07. The first kappa shape index (κ1) is 15.5. The lowest BCUT2D eigenvalue weighted by Gasteiger charge is -2.37. The molecule has 0 spiro atoms. The monoisotopic (exact) mass is 298 g/mol. The lowest BCUT2D eigenvalue weighted by atomic mass is 10.0. The number of likely N-dealkylation sites (N-methyl/N-ethyl adjacent to an activating group) is 1. The van der Waals surface area contributed by atoms with Gasteiger partial charge in [0, 0.05) is 24.8 Å². The van der Waals surface area contributed by atoms with Crippen LogP contribution in [0.3, 0.4) is 0 Å². The van der Waals surface area contributed by atoms with Crippen LogP contribution in [0.4, 0.5) is 5.82 Å². The number of anilines is 1. The molecule has 112 valence electrons. The van der Waals surface area contributed by atoms with E-state index in [1.165, 1.54) is 0 Å². The highest BCUT2D eigenvalue weighted by Gasteiger charge is 2.29. The smallest absolute Gasteiger partial charge is 0.128 e. The Balaban J connectivity index is 2.16. The highest BCUT2D eigenvalue weighted by atomic mass is 35.5. The molecule has 1 aliphatic heterocycles. The van der Waals surface area contributed by atoms with Gasteiger partial charge >= 0.3 is 0 Å². The molecule has 0 aliphatic carbocycles. The maximum absolute atomic E-state index is 6.04. The highest BCUT2D eigenvalue weighted by molar-refractivity contribution is 6.30. The summed E-state index contributed by atoms with van der Waals surface area (Å²) in [6, 6.07) is 1.87. The molecule has 3 N–H and O–H groups in total. The summed E-state index contributed by atoms with van der Waals surface area (Å²) in [6.45, 7) is 5.92. The number of nitrogens with two attached hydrogens (primary N) is 1. The van der Waals surface area contributed by atoms with E-state index in [9.17, 15) is 0 Å². The number of rotatable bonds is 5. The second-order valence-electron chi connectivity index (χ2n) is 5.10. The molecule has 1 aromatic rings. The molecule has 2 atom stereocenters. The zero-order valence-electron chi connectivity index (χ0n) is 12.1. The van der Waals surface area contributed by atoms with Gasteiger partial charge in [-0.1, -0.05) is 18.5 Å². The quantitative estimate of drug-likeness (QED) is 0.866. The predicted octanol–water partition coefficient (Wildman–Crippen LogP) is 1.69. The summed E-state index contributed by atoms with van der Waals surface area (Å²) in [6.07, 6.45) is 2.78. The van der Waals surface area contributed by atoms with Crippen molar-refractivity contribution < 1.29 is 4.74 Å². The summed E-state index contributed by atoms with van der Waals surface area (Å²) in [5.74, 6) is 0.505. The maximum atomic E-state index is 6.04. The molecule has 6 heteroatoms. The largest absolute Gasteiger partial charge is 0.383 e. The van der Waals surface area contributed by atoms with Gasteiger partial charge in [-0.05, 0) is 26.1 Å². The van der Waals surface area contributed by atoms with E-state index in [0.717, 1.165) is 38.2 Å². The number of hydrogen-bond donors (Lipinski definition) is 2. The van der Waals surface area contributed by atoms with E-state index < -0.39 is 0 Å². The molecule has 2 unspecified atom stereocenters. The summed E-state index contributed by atoms with van der Waals surface area (Å²) in [5, 5.41) is 3.88. The van der Waals surface area contributed by atoms with Crippen molar-refractivity contribution in [2.75, 3.05) is 39.0 Å². The van der Waals surface area contributed by atoms with E-state index in [2.05, 4.69) is 22.1 Å². The van der Waals surface area contributed by atoms with Crippen molar-refractivity contribution in [1.29, 1.82) is 0 Å². The van der Waals surface area contributed by atoms with Gasteiger partial charge in [-0.25, -0.2) is 4.98 Å². The lowest BCUT2D eigenvalue weighted by molar-refractivity contribution is -0.0458. The van der Waals surface area contributed by atoms with E-state index in [1.54, 1.807) is 6.20 Å². The molecule has 0 amide bonds. The number of morpholine rings is 1. The van der Waals surface area contributed by atoms with Crippen molar-refractivity contribution >= 4 is 17.4 Å². The topological polar surface area (TPSA) is 63.4 Å². The third kappa shape index (κ3) is 3.61. The molecule has 0 bridgehead atoms. The Morgan fingerprint density at radius 3 is 3.15 bits per heavy atom. The number of nitrogens with zero attached hydrogens (tertiary/aromatic N) is 2. The normalized spacial score (nSPS) is 21.9. The van der Waals surface area contributed by atoms with Crippen LogP contribution in [0.25, 0.3) is 0 Å². The van der Waals surface area contributed by atoms with Gasteiger partial charge < -0.3 is 15.8 Å². The van der Waals surface area contributed by atoms with Crippen LogP contribution < -0.4 is 11.1 Å². The molecule has 1 aromatic heterocycles. The zero-order valence-corrected chi connectivity index (χ0v) is 12.9. The van der Waals surface area contributed by atoms with Crippen LogP contribution in [-0.4, -0.2) is 49.3 Å². The minimum atomic E-state index is 0.000793. The minimum Gasteiger partial charge on any atom is -0.383 e. The molecule has 2 rings (SSSR count). The Kier molecular flexibility index (Phi) is 5.60. The van der Waals surface area contributed by atoms with Gasteiger partial charge in [0.05, 0.1) is 23.8 Å². The van der Waals surface area contributed by atoms with Crippen molar-refractivity contribution in [1.82, 2.24) is 15.2 Å². The zero-order chi connectivity index (χ0) is 14.5. The summed E-state index contributed by atoms with van der Waals surface area (Å²) in [5.41, 5.74) is 6.89. The minimum absolute atomic E-state index is 0.000793. The van der Waals surface area contributed by atoms with E-state index in [1.807, 2.05) is 13.1 Å². The molecular formula is C14H23ClN4O. The van der Waals surface area contributed by atoms with Gasteiger partial charge in [0.15, 0.2) is 0 Å². The predicted molar refractivity (Wildman–Crippen MR) is 81.9 cm³/mol. The van der Waals surface area contributed by atoms with Crippen LogP contribution in [0.2, 0.25) is 5.02 Å². The summed E-state index contributed by atoms with van der Waals surface area (Å²) < 4.78 is 5.93. The number of pyridine rings is 1. The number of hydrogen-bond acceptors (Lipinski definition) is 5. The molecule has 1 fully saturated rings. The number of nitrogens with one attached hydrogen (secondary N) is 1. The Hall–Kier alpha value is -0.880. The van der Waals surface area contributed by atoms with Crippen molar-refractivity contribution in [3.05, 3.63) is 22.8 Å². The summed E-state index contributed by atoms with van der Waals surface area (Å²) in [7, 11) is 1.91. The fourth-order valence-electron chi connectivity index (χ4n) is 2.71. The highest BCUT2D eigenvalue weighted by Crippen LogP contribution is 2.27. The van der Waals surface area contributed by atoms with Crippen molar-refractivity contribution in [2.24, 2.45) is 0 Å². The van der Waals surface area contributed by atoms with Gasteiger partial charge in [-0.2, -0.15) is 0 Å². The fraction of sp³-hybridized carbons (Fsp3) is 0.643. The average molecular weight is 299 g/mol. The van der Waals surface area contributed by atoms with Crippen LogP contribution in [-0.2, 0) is 4.74 Å². The molecule has 5 nitrogen and oxygen atoms in total. The van der Waals surface area contributed by atoms with Crippen molar-refractivity contribution in [2.45, 2.75) is 25.5 Å². The van der Waals surface area contributed by atoms with Gasteiger partial charge in [0.25, 0.3) is 0 Å². The fourth-order valence-corrected chi connectivity index (χ4v) is 2.88. The summed E-state index contributed by atoms with van der Waals surface area (Å²) in [4.78, 5) is 6.56. The van der Waals surface area contributed by atoms with E-state index in [4.69, 9.17) is 22.1 Å². The Bertz CT molecular complexity index is 441. The summed E-state index contributed by atoms with van der Waals surface area (Å²) >= 11 is 6.04. The molecule has 0 radical (unpaired) electrons. The van der Waals surface area contributed by atoms with E-state index in [0.29, 0.717) is 10.8 Å². The first-order chi connectivity index (χ1) is 9.65. The second-order valence-corrected chi connectivity index (χ2v) is 5.54. The molecule has 1 saturated heterocycles. The molecule has 0 aromatic carbocycles. The van der Waals surface area contributed by atoms with Gasteiger partial charge in [-0.3, -0.25) is 4.90 Å². The van der Waals surface area contributed by atoms with Crippen LogP contribution in [0.5, 0.6) is 0 Å². The molecule has 20 heavy (non-hydrogen) atoms. The number of ether oxygens (including phenoxy) is 1. The van der Waals surface area contributed by atoms with Crippen LogP contribution in [0, 0.1) is 0 Å². The molecule has 0 saturated carbocycles. The van der Waals surface area contributed by atoms with Crippen LogP contribution in [0.15, 0.2) is 12.3 Å². The van der Waals surface area contributed by atoms with Crippen LogP contribution in [0.1, 0.15) is 24.9 Å². The van der Waals surface area contributed by atoms with E-state index >= 15 is 0 Å². The molecule has 2 heterocycles. The van der Waals surface area contributed by atoms with E-state index in [-0.39, 0.29) is 12.1 Å². The standard InChI is InChI=1S/C14H23ClN4O/c1-3-4-19-5-6-20-12(9-19)13(17-2)11-7-10(15)8-18-14(11)16/h7-8,12-13,17H,3-6,9H2,1-2H3,(H2,16,18). The number of aromatic nitrogens is 1. The maximum Gasteiger partial charge on any atom is 0.128 e. The molecule has 1 aliphatic rings.